The highest BCUT2D eigenvalue weighted by Crippen LogP contribution is 2.14. The normalized spacial score (nSPS) is 13.2. The number of hydrogen-bond donors (Lipinski definition) is 0. The average molecular weight is 939 g/mol. The molecule has 0 rings (SSSR count). The number of allylic oxidation sites excluding steroid dienone is 22. The van der Waals surface area contributed by atoms with Gasteiger partial charge in [-0.2, -0.15) is 0 Å². The molecule has 0 aliphatic rings. The predicted octanol–water partition coefficient (Wildman–Crippen LogP) is 18.3. The number of ether oxygens (including phenoxy) is 3. The Hall–Kier alpha value is -4.45. The van der Waals surface area contributed by atoms with E-state index < -0.39 is 6.10 Å². The Morgan fingerprint density at radius 2 is 0.647 bits per heavy atom. The predicted molar refractivity (Wildman–Crippen MR) is 292 cm³/mol. The molecule has 0 saturated heterocycles. The van der Waals surface area contributed by atoms with E-state index >= 15 is 0 Å². The van der Waals surface area contributed by atoms with Crippen molar-refractivity contribution < 1.29 is 28.6 Å². The van der Waals surface area contributed by atoms with Gasteiger partial charge < -0.3 is 14.2 Å². The number of carbonyl (C=O) groups excluding carboxylic acids is 3. The van der Waals surface area contributed by atoms with E-state index in [1.54, 1.807) is 0 Å². The molecule has 0 aromatic carbocycles. The first-order valence-electron chi connectivity index (χ1n) is 27.3. The molecule has 0 aliphatic carbocycles. The fourth-order valence-electron chi connectivity index (χ4n) is 7.02. The van der Waals surface area contributed by atoms with E-state index in [2.05, 4.69) is 81.5 Å². The Morgan fingerprint density at radius 1 is 0.324 bits per heavy atom. The van der Waals surface area contributed by atoms with Gasteiger partial charge in [-0.3, -0.25) is 14.4 Å². The second-order valence-electron chi connectivity index (χ2n) is 17.6. The summed E-state index contributed by atoms with van der Waals surface area (Å²) in [5.74, 6) is -0.973. The van der Waals surface area contributed by atoms with Crippen LogP contribution >= 0.6 is 0 Å². The molecular weight excluding hydrogens is 841 g/mol. The summed E-state index contributed by atoms with van der Waals surface area (Å²) in [7, 11) is 0. The molecule has 6 nitrogen and oxygen atoms in total. The van der Waals surface area contributed by atoms with Crippen molar-refractivity contribution in [1.29, 1.82) is 0 Å². The Morgan fingerprint density at radius 3 is 1.07 bits per heavy atom. The van der Waals surface area contributed by atoms with Crippen molar-refractivity contribution in [2.75, 3.05) is 13.2 Å². The van der Waals surface area contributed by atoms with Crippen LogP contribution < -0.4 is 0 Å². The lowest BCUT2D eigenvalue weighted by molar-refractivity contribution is -0.167. The van der Waals surface area contributed by atoms with Gasteiger partial charge in [0.05, 0.1) is 0 Å². The van der Waals surface area contributed by atoms with E-state index in [1.165, 1.54) is 77.0 Å². The van der Waals surface area contributed by atoms with Crippen molar-refractivity contribution in [3.63, 3.8) is 0 Å². The van der Waals surface area contributed by atoms with Crippen LogP contribution in [0.5, 0.6) is 0 Å². The van der Waals surface area contributed by atoms with E-state index in [4.69, 9.17) is 14.2 Å². The molecule has 382 valence electrons. The molecule has 0 radical (unpaired) electrons. The molecule has 68 heavy (non-hydrogen) atoms. The number of rotatable bonds is 47. The van der Waals surface area contributed by atoms with Crippen LogP contribution in [0.2, 0.25) is 0 Å². The van der Waals surface area contributed by atoms with Crippen molar-refractivity contribution in [3.05, 3.63) is 134 Å². The molecule has 0 bridgehead atoms. The Balaban J connectivity index is 4.54. The second-order valence-corrected chi connectivity index (χ2v) is 17.6. The molecule has 0 saturated carbocycles. The first-order chi connectivity index (χ1) is 33.5. The fraction of sp³-hybridized carbons (Fsp3) is 0.597. The maximum absolute atomic E-state index is 12.8. The Labute approximate surface area is 417 Å². The van der Waals surface area contributed by atoms with Gasteiger partial charge in [0.25, 0.3) is 0 Å². The maximum atomic E-state index is 12.8. The van der Waals surface area contributed by atoms with Gasteiger partial charge in [-0.15, -0.1) is 0 Å². The molecule has 0 amide bonds. The Bertz CT molecular complexity index is 1500. The summed E-state index contributed by atoms with van der Waals surface area (Å²) >= 11 is 0. The average Bonchev–Trinajstić information content (AvgIpc) is 3.34. The third kappa shape index (κ3) is 52.5. The maximum Gasteiger partial charge on any atom is 0.306 e. The minimum absolute atomic E-state index is 0.105. The molecule has 0 aliphatic heterocycles. The van der Waals surface area contributed by atoms with Gasteiger partial charge in [0, 0.05) is 19.3 Å². The summed E-state index contributed by atoms with van der Waals surface area (Å²) in [6.45, 7) is 6.30. The number of esters is 3. The first-order valence-corrected chi connectivity index (χ1v) is 27.3. The summed E-state index contributed by atoms with van der Waals surface area (Å²) in [5.41, 5.74) is 0. The van der Waals surface area contributed by atoms with E-state index in [0.29, 0.717) is 19.3 Å². The van der Waals surface area contributed by atoms with Crippen molar-refractivity contribution in [1.82, 2.24) is 0 Å². The van der Waals surface area contributed by atoms with Gasteiger partial charge in [-0.05, 0) is 96.3 Å². The zero-order valence-corrected chi connectivity index (χ0v) is 43.6. The van der Waals surface area contributed by atoms with E-state index in [-0.39, 0.29) is 31.1 Å². The van der Waals surface area contributed by atoms with Crippen molar-refractivity contribution in [2.24, 2.45) is 0 Å². The molecule has 0 spiro atoms. The zero-order valence-electron chi connectivity index (χ0n) is 43.6. The monoisotopic (exact) mass is 939 g/mol. The highest BCUT2D eigenvalue weighted by Gasteiger charge is 2.19. The topological polar surface area (TPSA) is 78.9 Å². The molecule has 1 unspecified atom stereocenters. The fourth-order valence-corrected chi connectivity index (χ4v) is 7.02. The van der Waals surface area contributed by atoms with E-state index in [0.717, 1.165) is 103 Å². The Kier molecular flexibility index (Phi) is 51.5. The second kappa shape index (κ2) is 55.1. The van der Waals surface area contributed by atoms with E-state index in [1.807, 2.05) is 72.9 Å². The molecule has 0 N–H and O–H groups in total. The number of carbonyl (C=O) groups is 3. The lowest BCUT2D eigenvalue weighted by Gasteiger charge is -2.18. The van der Waals surface area contributed by atoms with Crippen LogP contribution in [0.3, 0.4) is 0 Å². The van der Waals surface area contributed by atoms with Crippen LogP contribution in [0.25, 0.3) is 0 Å². The summed E-state index contributed by atoms with van der Waals surface area (Å²) in [6.07, 6.45) is 77.1. The summed E-state index contributed by atoms with van der Waals surface area (Å²) in [5, 5.41) is 0. The van der Waals surface area contributed by atoms with Crippen molar-refractivity contribution in [2.45, 2.75) is 226 Å². The molecule has 0 heterocycles. The van der Waals surface area contributed by atoms with Gasteiger partial charge in [0.1, 0.15) is 13.2 Å². The van der Waals surface area contributed by atoms with Gasteiger partial charge in [-0.1, -0.05) is 238 Å². The summed E-state index contributed by atoms with van der Waals surface area (Å²) in [4.78, 5) is 38.1. The quantitative estimate of drug-likeness (QED) is 0.0199. The minimum atomic E-state index is -0.810. The highest BCUT2D eigenvalue weighted by molar-refractivity contribution is 5.71. The SMILES string of the molecule is CC\C=C/C=C\C=C/C=C\C=C\C=C/C=C\CCCCCC(=O)OCC(COC(=O)CCCCCCCCC/C=C\C/C=C\CC)OC(=O)CCCCCCCCC/C=C\C/C=C\CCCCC. The number of hydrogen-bond acceptors (Lipinski definition) is 6. The molecule has 0 aromatic heterocycles. The van der Waals surface area contributed by atoms with Gasteiger partial charge in [0.15, 0.2) is 6.10 Å². The molecule has 0 aromatic rings. The van der Waals surface area contributed by atoms with Crippen LogP contribution in [-0.4, -0.2) is 37.2 Å². The van der Waals surface area contributed by atoms with Gasteiger partial charge >= 0.3 is 17.9 Å². The van der Waals surface area contributed by atoms with Gasteiger partial charge in [0.2, 0.25) is 0 Å². The molecular formula is C62H98O6. The third-order valence-electron chi connectivity index (χ3n) is 11.1. The minimum Gasteiger partial charge on any atom is -0.462 e. The summed E-state index contributed by atoms with van der Waals surface area (Å²) < 4.78 is 16.8. The largest absolute Gasteiger partial charge is 0.462 e. The number of unbranched alkanes of at least 4 members (excludes halogenated alkanes) is 20. The zero-order chi connectivity index (χ0) is 49.3. The van der Waals surface area contributed by atoms with Crippen LogP contribution in [0.15, 0.2) is 134 Å². The molecule has 1 atom stereocenters. The third-order valence-corrected chi connectivity index (χ3v) is 11.1. The van der Waals surface area contributed by atoms with Crippen LogP contribution in [0.1, 0.15) is 220 Å². The van der Waals surface area contributed by atoms with Crippen molar-refractivity contribution in [3.8, 4) is 0 Å². The van der Waals surface area contributed by atoms with Gasteiger partial charge in [-0.25, -0.2) is 0 Å². The van der Waals surface area contributed by atoms with Crippen molar-refractivity contribution >= 4 is 17.9 Å². The molecule has 6 heteroatoms. The first kappa shape index (κ1) is 63.5. The smallest absolute Gasteiger partial charge is 0.306 e. The van der Waals surface area contributed by atoms with E-state index in [9.17, 15) is 14.4 Å². The van der Waals surface area contributed by atoms with Crippen LogP contribution in [0, 0.1) is 0 Å². The lowest BCUT2D eigenvalue weighted by atomic mass is 10.1. The van der Waals surface area contributed by atoms with Crippen LogP contribution in [-0.2, 0) is 28.6 Å². The standard InChI is InChI=1S/C62H98O6/c1-4-7-10-13-16-19-22-25-28-30-31-33-34-37-40-43-46-49-52-55-61(64)67-58-59(57-66-60(63)54-51-48-45-42-39-36-27-24-21-18-15-12-9-6-3)68-62(65)56-53-50-47-44-41-38-35-32-29-26-23-20-17-14-11-8-5-2/h7,9-10,12-13,16-22,25-26,28-31,33-34,37,40,59H,4-6,8,11,14-15,23-24,27,32,35-36,38-39,41-58H2,1-3H3/b10-7-,12-9-,16-13-,20-17-,21-18-,22-19-,28-25-,29-26-,31-30+,34-33-,40-37-. The lowest BCUT2D eigenvalue weighted by Crippen LogP contribution is -2.30. The van der Waals surface area contributed by atoms with Crippen LogP contribution in [0.4, 0.5) is 0 Å². The summed E-state index contributed by atoms with van der Waals surface area (Å²) in [6, 6.07) is 0. The highest BCUT2D eigenvalue weighted by atomic mass is 16.6. The molecule has 0 fully saturated rings.